The van der Waals surface area contributed by atoms with Crippen LogP contribution < -0.4 is 5.32 Å². The van der Waals surface area contributed by atoms with E-state index in [1.54, 1.807) is 30.6 Å². The van der Waals surface area contributed by atoms with Gasteiger partial charge in [0.25, 0.3) is 5.91 Å². The van der Waals surface area contributed by atoms with Gasteiger partial charge in [-0.25, -0.2) is 13.8 Å². The van der Waals surface area contributed by atoms with Crippen LogP contribution in [0.4, 0.5) is 8.78 Å². The smallest absolute Gasteiger partial charge is 0.251 e. The van der Waals surface area contributed by atoms with Gasteiger partial charge in [0, 0.05) is 30.3 Å². The number of carbonyl (C=O) groups is 1. The summed E-state index contributed by atoms with van der Waals surface area (Å²) in [6, 6.07) is 11.2. The standard InChI is InChI=1S/C22H18F2N4O/c23-18-7-20-21(8-19(18)24)28(11-27-20)14-5-15-16(6-14)17(15)10-26-22(29)13-3-1-12(9-25)2-4-13/h1-4,7-8,11,14-17H,5-6,10H2,(H,26,29)/t14?,15-,16+,17?. The Morgan fingerprint density at radius 3 is 2.55 bits per heavy atom. The van der Waals surface area contributed by atoms with Gasteiger partial charge in [-0.2, -0.15) is 5.26 Å². The van der Waals surface area contributed by atoms with Crippen molar-refractivity contribution in [2.75, 3.05) is 6.54 Å². The molecule has 5 nitrogen and oxygen atoms in total. The monoisotopic (exact) mass is 392 g/mol. The Morgan fingerprint density at radius 2 is 1.86 bits per heavy atom. The molecule has 0 spiro atoms. The normalized spacial score (nSPS) is 24.9. The highest BCUT2D eigenvalue weighted by atomic mass is 19.2. The van der Waals surface area contributed by atoms with E-state index in [1.807, 2.05) is 10.6 Å². The minimum absolute atomic E-state index is 0.130. The van der Waals surface area contributed by atoms with E-state index in [0.717, 1.165) is 18.9 Å². The molecular weight excluding hydrogens is 374 g/mol. The molecule has 1 heterocycles. The third-order valence-electron chi connectivity index (χ3n) is 6.38. The van der Waals surface area contributed by atoms with Crippen molar-refractivity contribution in [2.24, 2.45) is 17.8 Å². The molecule has 7 heteroatoms. The summed E-state index contributed by atoms with van der Waals surface area (Å²) in [6.45, 7) is 0.630. The predicted octanol–water partition coefficient (Wildman–Crippen LogP) is 3.81. The molecule has 2 aromatic carbocycles. The lowest BCUT2D eigenvalue weighted by molar-refractivity contribution is 0.0950. The molecule has 5 rings (SSSR count). The van der Waals surface area contributed by atoms with Crippen molar-refractivity contribution in [3.8, 4) is 6.07 Å². The molecular formula is C22H18F2N4O. The molecule has 2 fully saturated rings. The Kier molecular flexibility index (Phi) is 4.09. The lowest BCUT2D eigenvalue weighted by Gasteiger charge is -2.17. The van der Waals surface area contributed by atoms with E-state index < -0.39 is 11.6 Å². The zero-order valence-electron chi connectivity index (χ0n) is 15.5. The van der Waals surface area contributed by atoms with Crippen LogP contribution >= 0.6 is 0 Å². The van der Waals surface area contributed by atoms with Gasteiger partial charge in [0.1, 0.15) is 0 Å². The van der Waals surface area contributed by atoms with E-state index in [9.17, 15) is 13.6 Å². The molecule has 2 aliphatic rings. The van der Waals surface area contributed by atoms with Gasteiger partial charge < -0.3 is 9.88 Å². The van der Waals surface area contributed by atoms with Crippen LogP contribution in [0.2, 0.25) is 0 Å². The van der Waals surface area contributed by atoms with Gasteiger partial charge in [0.15, 0.2) is 11.6 Å². The number of imidazole rings is 1. The van der Waals surface area contributed by atoms with E-state index >= 15 is 0 Å². The number of halogens is 2. The van der Waals surface area contributed by atoms with Crippen molar-refractivity contribution >= 4 is 16.9 Å². The van der Waals surface area contributed by atoms with Crippen molar-refractivity contribution in [3.05, 3.63) is 65.5 Å². The molecule has 0 radical (unpaired) electrons. The van der Waals surface area contributed by atoms with E-state index in [1.165, 1.54) is 6.07 Å². The number of nitrogens with zero attached hydrogens (tertiary/aromatic N) is 3. The molecule has 1 aromatic heterocycles. The second-order valence-electron chi connectivity index (χ2n) is 7.92. The van der Waals surface area contributed by atoms with Crippen LogP contribution in [0.1, 0.15) is 34.8 Å². The summed E-state index contributed by atoms with van der Waals surface area (Å²) in [5, 5.41) is 11.8. The van der Waals surface area contributed by atoms with E-state index in [4.69, 9.17) is 5.26 Å². The number of amides is 1. The Balaban J connectivity index is 1.19. The van der Waals surface area contributed by atoms with Crippen LogP contribution in [0, 0.1) is 40.7 Å². The molecule has 1 N–H and O–H groups in total. The first-order valence-corrected chi connectivity index (χ1v) is 9.65. The van der Waals surface area contributed by atoms with Crippen molar-refractivity contribution in [2.45, 2.75) is 18.9 Å². The maximum absolute atomic E-state index is 13.6. The Labute approximate surface area is 166 Å². The van der Waals surface area contributed by atoms with Gasteiger partial charge >= 0.3 is 0 Å². The molecule has 4 atom stereocenters. The number of hydrogen-bond donors (Lipinski definition) is 1. The average Bonchev–Trinajstić information content (AvgIpc) is 3.06. The number of nitriles is 1. The number of nitrogens with one attached hydrogen (secondary N) is 1. The quantitative estimate of drug-likeness (QED) is 0.734. The van der Waals surface area contributed by atoms with Gasteiger partial charge in [0.05, 0.1) is 29.0 Å². The first-order chi connectivity index (χ1) is 14.0. The topological polar surface area (TPSA) is 70.7 Å². The van der Waals surface area contributed by atoms with Crippen LogP contribution in [0.25, 0.3) is 11.0 Å². The highest BCUT2D eigenvalue weighted by Crippen LogP contribution is 2.60. The summed E-state index contributed by atoms with van der Waals surface area (Å²) in [5.41, 5.74) is 2.17. The van der Waals surface area contributed by atoms with Crippen LogP contribution in [0.3, 0.4) is 0 Å². The van der Waals surface area contributed by atoms with E-state index in [0.29, 0.717) is 46.5 Å². The van der Waals surface area contributed by atoms with Gasteiger partial charge in [-0.1, -0.05) is 0 Å². The second-order valence-corrected chi connectivity index (χ2v) is 7.92. The van der Waals surface area contributed by atoms with E-state index in [-0.39, 0.29) is 11.9 Å². The van der Waals surface area contributed by atoms with Crippen LogP contribution in [0.15, 0.2) is 42.7 Å². The zero-order valence-corrected chi connectivity index (χ0v) is 15.5. The first-order valence-electron chi connectivity index (χ1n) is 9.65. The summed E-state index contributed by atoms with van der Waals surface area (Å²) >= 11 is 0. The molecule has 146 valence electrons. The largest absolute Gasteiger partial charge is 0.352 e. The number of aromatic nitrogens is 2. The summed E-state index contributed by atoms with van der Waals surface area (Å²) in [7, 11) is 0. The molecule has 1 amide bonds. The van der Waals surface area contributed by atoms with Gasteiger partial charge in [-0.15, -0.1) is 0 Å². The van der Waals surface area contributed by atoms with Crippen LogP contribution in [0.5, 0.6) is 0 Å². The van der Waals surface area contributed by atoms with Crippen LogP contribution in [-0.4, -0.2) is 22.0 Å². The molecule has 29 heavy (non-hydrogen) atoms. The summed E-state index contributed by atoms with van der Waals surface area (Å²) in [5.74, 6) is -0.347. The van der Waals surface area contributed by atoms with Crippen molar-refractivity contribution in [1.82, 2.24) is 14.9 Å². The number of fused-ring (bicyclic) bond motifs is 2. The fraction of sp³-hybridized carbons (Fsp3) is 0.318. The lowest BCUT2D eigenvalue weighted by Crippen LogP contribution is -2.27. The van der Waals surface area contributed by atoms with Crippen LogP contribution in [-0.2, 0) is 0 Å². The number of carbonyl (C=O) groups excluding carboxylic acids is 1. The Hall–Kier alpha value is -3.27. The van der Waals surface area contributed by atoms with Crippen molar-refractivity contribution < 1.29 is 13.6 Å². The predicted molar refractivity (Wildman–Crippen MR) is 102 cm³/mol. The Bertz CT molecular complexity index is 1140. The average molecular weight is 392 g/mol. The molecule has 2 saturated carbocycles. The maximum atomic E-state index is 13.6. The molecule has 3 aromatic rings. The summed E-state index contributed by atoms with van der Waals surface area (Å²) in [6.07, 6.45) is 3.57. The molecule has 0 aliphatic heterocycles. The fourth-order valence-corrected chi connectivity index (χ4v) is 4.80. The SMILES string of the molecule is N#Cc1ccc(C(=O)NCC2[C@H]3CC(n4cnc5cc(F)c(F)cc54)C[C@@H]23)cc1. The van der Waals surface area contributed by atoms with E-state index in [2.05, 4.69) is 10.3 Å². The third-order valence-corrected chi connectivity index (χ3v) is 6.38. The Morgan fingerprint density at radius 1 is 1.17 bits per heavy atom. The van der Waals surface area contributed by atoms with Crippen molar-refractivity contribution in [3.63, 3.8) is 0 Å². The van der Waals surface area contributed by atoms with Gasteiger partial charge in [0.2, 0.25) is 0 Å². The number of rotatable bonds is 4. The highest BCUT2D eigenvalue weighted by Gasteiger charge is 2.56. The lowest BCUT2D eigenvalue weighted by atomic mass is 10.1. The number of benzene rings is 2. The number of hydrogen-bond acceptors (Lipinski definition) is 3. The summed E-state index contributed by atoms with van der Waals surface area (Å²) in [4.78, 5) is 16.5. The molecule has 2 unspecified atom stereocenters. The van der Waals surface area contributed by atoms with Crippen molar-refractivity contribution in [1.29, 1.82) is 5.26 Å². The fourth-order valence-electron chi connectivity index (χ4n) is 4.80. The second kappa shape index (κ2) is 6.66. The van der Waals surface area contributed by atoms with Gasteiger partial charge in [-0.3, -0.25) is 4.79 Å². The first kappa shape index (κ1) is 17.8. The minimum atomic E-state index is -0.880. The van der Waals surface area contributed by atoms with Gasteiger partial charge in [-0.05, 0) is 54.9 Å². The molecule has 2 aliphatic carbocycles. The molecule has 0 saturated heterocycles. The highest BCUT2D eigenvalue weighted by molar-refractivity contribution is 5.94. The molecule has 0 bridgehead atoms. The minimum Gasteiger partial charge on any atom is -0.352 e. The maximum Gasteiger partial charge on any atom is 0.251 e. The zero-order chi connectivity index (χ0) is 20.1. The summed E-state index contributed by atoms with van der Waals surface area (Å²) < 4.78 is 29.0. The third kappa shape index (κ3) is 3.05.